The van der Waals surface area contributed by atoms with Gasteiger partial charge in [0, 0.05) is 45.0 Å². The van der Waals surface area contributed by atoms with E-state index in [0.717, 1.165) is 0 Å². The second kappa shape index (κ2) is 13.4. The van der Waals surface area contributed by atoms with Crippen molar-refractivity contribution >= 4 is 91.7 Å². The lowest BCUT2D eigenvalue weighted by Gasteiger charge is -2.55. The number of rotatable bonds is 1. The van der Waals surface area contributed by atoms with Gasteiger partial charge in [0.2, 0.25) is 0 Å². The molecule has 7 aromatic rings. The first kappa shape index (κ1) is 42.9. The van der Waals surface area contributed by atoms with E-state index in [1.165, 1.54) is 140 Å². The van der Waals surface area contributed by atoms with Crippen LogP contribution in [0.15, 0.2) is 133 Å². The van der Waals surface area contributed by atoms with Crippen LogP contribution in [0.2, 0.25) is 0 Å². The van der Waals surface area contributed by atoms with E-state index in [9.17, 15) is 0 Å². The lowest BCUT2D eigenvalue weighted by atomic mass is 9.33. The average Bonchev–Trinajstić information content (AvgIpc) is 3.86. The summed E-state index contributed by atoms with van der Waals surface area (Å²) in [6, 6.07) is 54.2. The molecule has 0 N–H and O–H groups in total. The van der Waals surface area contributed by atoms with E-state index < -0.39 is 8.07 Å². The first-order chi connectivity index (χ1) is 34.0. The van der Waals surface area contributed by atoms with E-state index in [4.69, 9.17) is 0 Å². The normalized spacial score (nSPS) is 26.2. The first-order valence-electron chi connectivity index (χ1n) is 27.3. The average molecular weight is 942 g/mol. The Hall–Kier alpha value is -5.78. The molecule has 2 saturated carbocycles. The summed E-state index contributed by atoms with van der Waals surface area (Å²) in [6.45, 7) is 25.5. The molecule has 2 aliphatic carbocycles. The Morgan fingerprint density at radius 3 is 1.28 bits per heavy atom. The minimum Gasteiger partial charge on any atom is -0.335 e. The zero-order valence-corrected chi connectivity index (χ0v) is 44.8. The Morgan fingerprint density at radius 1 is 0.451 bits per heavy atom. The molecule has 4 unspecified atom stereocenters. The van der Waals surface area contributed by atoms with Gasteiger partial charge in [-0.3, -0.25) is 0 Å². The van der Waals surface area contributed by atoms with E-state index in [1.807, 2.05) is 0 Å². The van der Waals surface area contributed by atoms with Crippen LogP contribution in [-0.2, 0) is 21.7 Å². The fourth-order valence-electron chi connectivity index (χ4n) is 17.0. The highest BCUT2D eigenvalue weighted by molar-refractivity contribution is 7.23. The molecule has 7 aromatic carbocycles. The van der Waals surface area contributed by atoms with Crippen molar-refractivity contribution in [1.29, 1.82) is 0 Å². The van der Waals surface area contributed by atoms with Crippen molar-refractivity contribution in [2.45, 2.75) is 153 Å². The molecule has 6 aliphatic heterocycles. The molecule has 2 fully saturated rings. The number of benzene rings is 7. The minimum atomic E-state index is -2.74. The molecule has 0 saturated heterocycles. The van der Waals surface area contributed by atoms with Crippen molar-refractivity contribution < 1.29 is 0 Å². The van der Waals surface area contributed by atoms with Gasteiger partial charge >= 0.3 is 0 Å². The van der Waals surface area contributed by atoms with Gasteiger partial charge in [-0.2, -0.15) is 0 Å². The largest absolute Gasteiger partial charge is 0.335 e. The maximum absolute atomic E-state index is 2.99. The van der Waals surface area contributed by atoms with Crippen molar-refractivity contribution in [2.24, 2.45) is 0 Å². The summed E-state index contributed by atoms with van der Waals surface area (Å²) in [5.74, 6) is 0. The van der Waals surface area contributed by atoms with E-state index in [2.05, 4.69) is 217 Å². The fourth-order valence-corrected chi connectivity index (χ4v) is 22.5. The number of hydrogen-bond acceptors (Lipinski definition) is 3. The van der Waals surface area contributed by atoms with E-state index in [-0.39, 0.29) is 39.5 Å². The number of fused-ring (bicyclic) bond motifs is 19. The van der Waals surface area contributed by atoms with Crippen molar-refractivity contribution in [3.8, 4) is 11.1 Å². The molecule has 3 nitrogen and oxygen atoms in total. The fraction of sp³-hybridized carbons (Fsp3) is 0.364. The standard InChI is InChI=1S/C66H68BN3Si/c1-61(2,3)41-35-46-59-48(37-41)67-49-38-42(62(4,5)6)36-47-60(49)70(66(10)34-22-20-32-64(47,66)8)53-40-43(39-52(58(53)67)69(59)65(9)33-21-19-31-63(46,65)7)68-50-25-13-17-29-56(50)71(57-30-18-14-26-51(57)68)54-27-15-11-23-44(54)45-24-12-16-28-55(45)71/h11-18,23-30,35-40H,19-22,31-34H2,1-10H3. The van der Waals surface area contributed by atoms with Crippen LogP contribution in [0.1, 0.15) is 143 Å². The third kappa shape index (κ3) is 4.86. The van der Waals surface area contributed by atoms with Crippen LogP contribution in [0, 0.1) is 0 Å². The van der Waals surface area contributed by atoms with Gasteiger partial charge in [-0.1, -0.05) is 190 Å². The van der Waals surface area contributed by atoms with Crippen molar-refractivity contribution in [3.63, 3.8) is 0 Å². The lowest BCUT2D eigenvalue weighted by Crippen LogP contribution is -2.75. The molecule has 5 heteroatoms. The second-order valence-corrected chi connectivity index (χ2v) is 29.9. The van der Waals surface area contributed by atoms with Crippen molar-refractivity contribution in [1.82, 2.24) is 0 Å². The molecule has 0 amide bonds. The Morgan fingerprint density at radius 2 is 0.845 bits per heavy atom. The van der Waals surface area contributed by atoms with E-state index in [0.29, 0.717) is 0 Å². The summed E-state index contributed by atoms with van der Waals surface area (Å²) in [7, 11) is -2.74. The quantitative estimate of drug-likeness (QED) is 0.152. The Labute approximate surface area is 424 Å². The van der Waals surface area contributed by atoms with Crippen LogP contribution < -0.4 is 51.8 Å². The molecule has 0 bridgehead atoms. The van der Waals surface area contributed by atoms with Crippen molar-refractivity contribution in [2.75, 3.05) is 14.7 Å². The van der Waals surface area contributed by atoms with Gasteiger partial charge in [-0.25, -0.2) is 0 Å². The zero-order valence-electron chi connectivity index (χ0n) is 43.8. The van der Waals surface area contributed by atoms with Crippen LogP contribution in [0.3, 0.4) is 0 Å². The summed E-state index contributed by atoms with van der Waals surface area (Å²) in [5.41, 5.74) is 23.3. The molecule has 6 heterocycles. The third-order valence-corrected chi connectivity index (χ3v) is 26.0. The van der Waals surface area contributed by atoms with E-state index >= 15 is 0 Å². The summed E-state index contributed by atoms with van der Waals surface area (Å²) >= 11 is 0. The Bertz CT molecular complexity index is 3310. The number of nitrogens with zero attached hydrogens (tertiary/aromatic N) is 3. The van der Waals surface area contributed by atoms with Crippen LogP contribution in [0.25, 0.3) is 11.1 Å². The topological polar surface area (TPSA) is 9.72 Å². The molecular formula is C66H68BN3Si. The minimum absolute atomic E-state index is 0.00443. The van der Waals surface area contributed by atoms with Gasteiger partial charge in [0.15, 0.2) is 8.07 Å². The highest BCUT2D eigenvalue weighted by Gasteiger charge is 2.65. The lowest BCUT2D eigenvalue weighted by molar-refractivity contribution is 0.194. The molecule has 354 valence electrons. The third-order valence-electron chi connectivity index (χ3n) is 21.0. The molecule has 71 heavy (non-hydrogen) atoms. The van der Waals surface area contributed by atoms with Gasteiger partial charge in [-0.05, 0) is 145 Å². The predicted molar refractivity (Wildman–Crippen MR) is 305 cm³/mol. The van der Waals surface area contributed by atoms with Gasteiger partial charge in [-0.15, -0.1) is 0 Å². The summed E-state index contributed by atoms with van der Waals surface area (Å²) < 4.78 is 0. The molecule has 0 radical (unpaired) electrons. The first-order valence-corrected chi connectivity index (χ1v) is 29.3. The number of anilines is 7. The molecule has 8 aliphatic rings. The smallest absolute Gasteiger partial charge is 0.252 e. The molecular weight excluding hydrogens is 874 g/mol. The molecule has 4 atom stereocenters. The second-order valence-electron chi connectivity index (χ2n) is 26.3. The SMILES string of the molecule is CC(C)(C)c1cc2c3c(c1)C1(C)CCCCC1(C)N3c1cc(N3c4ccccc4[Si]4(c5ccccc5-c5ccccc54)c4ccccc43)cc3c1B2c1cc(C(C)(C)C)cc2c1N3C1(C)CCCCC21C. The summed E-state index contributed by atoms with van der Waals surface area (Å²) in [5, 5.41) is 6.02. The maximum atomic E-state index is 2.99. The van der Waals surface area contributed by atoms with E-state index in [1.54, 1.807) is 22.1 Å². The van der Waals surface area contributed by atoms with Crippen LogP contribution in [-0.4, -0.2) is 25.9 Å². The monoisotopic (exact) mass is 942 g/mol. The highest BCUT2D eigenvalue weighted by atomic mass is 28.3. The van der Waals surface area contributed by atoms with Gasteiger partial charge in [0.1, 0.15) is 0 Å². The zero-order chi connectivity index (χ0) is 48.6. The molecule has 0 aromatic heterocycles. The van der Waals surface area contributed by atoms with Crippen LogP contribution >= 0.6 is 0 Å². The number of para-hydroxylation sites is 2. The van der Waals surface area contributed by atoms with Crippen LogP contribution in [0.4, 0.5) is 39.8 Å². The Kier molecular flexibility index (Phi) is 8.11. The molecule has 1 spiro atoms. The Balaban J connectivity index is 1.08. The van der Waals surface area contributed by atoms with Gasteiger partial charge < -0.3 is 14.7 Å². The maximum Gasteiger partial charge on any atom is 0.252 e. The number of hydrogen-bond donors (Lipinski definition) is 0. The highest BCUT2D eigenvalue weighted by Crippen LogP contribution is 2.66. The van der Waals surface area contributed by atoms with Gasteiger partial charge in [0.25, 0.3) is 6.71 Å². The van der Waals surface area contributed by atoms with Crippen molar-refractivity contribution in [3.05, 3.63) is 156 Å². The van der Waals surface area contributed by atoms with Gasteiger partial charge in [0.05, 0.1) is 16.8 Å². The predicted octanol–water partition coefficient (Wildman–Crippen LogP) is 12.0. The summed E-state index contributed by atoms with van der Waals surface area (Å²) in [4.78, 5) is 8.70. The summed E-state index contributed by atoms with van der Waals surface area (Å²) in [6.07, 6.45) is 9.87. The van der Waals surface area contributed by atoms with Crippen LogP contribution in [0.5, 0.6) is 0 Å². The molecule has 15 rings (SSSR count).